The van der Waals surface area contributed by atoms with E-state index in [4.69, 9.17) is 0 Å². The van der Waals surface area contributed by atoms with Crippen molar-refractivity contribution in [2.75, 3.05) is 19.6 Å². The fraction of sp³-hybridized carbons (Fsp3) is 0.562. The van der Waals surface area contributed by atoms with Gasteiger partial charge in [-0.15, -0.1) is 0 Å². The zero-order valence-corrected chi connectivity index (χ0v) is 12.2. The minimum atomic E-state index is 0.284. The van der Waals surface area contributed by atoms with Gasteiger partial charge in [-0.2, -0.15) is 0 Å². The fourth-order valence-electron chi connectivity index (χ4n) is 2.57. The maximum absolute atomic E-state index is 12.2. The molecule has 0 radical (unpaired) electrons. The summed E-state index contributed by atoms with van der Waals surface area (Å²) in [5.74, 6) is 0.284. The molecule has 1 aromatic carbocycles. The number of benzene rings is 1. The number of aryl methyl sites for hydroxylation is 3. The molecule has 1 aliphatic rings. The van der Waals surface area contributed by atoms with E-state index in [0.29, 0.717) is 12.5 Å². The van der Waals surface area contributed by atoms with Gasteiger partial charge in [0.2, 0.25) is 5.91 Å². The number of nitrogens with zero attached hydrogens (tertiary/aromatic N) is 1. The normalized spacial score (nSPS) is 19.5. The lowest BCUT2D eigenvalue weighted by molar-refractivity contribution is -0.133. The summed E-state index contributed by atoms with van der Waals surface area (Å²) in [4.78, 5) is 14.2. The van der Waals surface area contributed by atoms with E-state index in [9.17, 15) is 4.79 Å². The molecular weight excluding hydrogens is 236 g/mol. The van der Waals surface area contributed by atoms with Crippen LogP contribution in [0.2, 0.25) is 0 Å². The highest BCUT2D eigenvalue weighted by molar-refractivity contribution is 5.77. The lowest BCUT2D eigenvalue weighted by Gasteiger charge is -2.34. The van der Waals surface area contributed by atoms with Gasteiger partial charge in [-0.3, -0.25) is 4.79 Å². The average Bonchev–Trinajstić information content (AvgIpc) is 2.40. The third-order valence-corrected chi connectivity index (χ3v) is 4.02. The van der Waals surface area contributed by atoms with E-state index < -0.39 is 0 Å². The number of amides is 1. The summed E-state index contributed by atoms with van der Waals surface area (Å²) >= 11 is 0. The predicted molar refractivity (Wildman–Crippen MR) is 78.3 cm³/mol. The molecule has 3 heteroatoms. The molecule has 0 saturated carbocycles. The third kappa shape index (κ3) is 3.57. The summed E-state index contributed by atoms with van der Waals surface area (Å²) in [7, 11) is 0. The third-order valence-electron chi connectivity index (χ3n) is 4.02. The number of rotatable bonds is 3. The second kappa shape index (κ2) is 6.20. The number of carbonyl (C=O) groups is 1. The molecule has 0 bridgehead atoms. The lowest BCUT2D eigenvalue weighted by atomic mass is 10.0. The molecule has 1 atom stereocenters. The van der Waals surface area contributed by atoms with Crippen molar-refractivity contribution in [2.45, 2.75) is 39.7 Å². The number of hydrogen-bond acceptors (Lipinski definition) is 2. The first-order valence-corrected chi connectivity index (χ1v) is 7.14. The molecule has 0 spiro atoms. The molecule has 1 saturated heterocycles. The van der Waals surface area contributed by atoms with Crippen LogP contribution < -0.4 is 5.32 Å². The van der Waals surface area contributed by atoms with Crippen molar-refractivity contribution in [3.63, 3.8) is 0 Å². The summed E-state index contributed by atoms with van der Waals surface area (Å²) in [6.45, 7) is 9.02. The molecule has 1 amide bonds. The van der Waals surface area contributed by atoms with Crippen LogP contribution in [0.3, 0.4) is 0 Å². The Morgan fingerprint density at radius 3 is 2.84 bits per heavy atom. The Bertz CT molecular complexity index is 456. The second-order valence-electron chi connectivity index (χ2n) is 5.56. The van der Waals surface area contributed by atoms with Gasteiger partial charge in [-0.05, 0) is 43.9 Å². The van der Waals surface area contributed by atoms with Gasteiger partial charge in [0.25, 0.3) is 0 Å². The molecule has 1 fully saturated rings. The summed E-state index contributed by atoms with van der Waals surface area (Å²) in [6, 6.07) is 6.80. The van der Waals surface area contributed by atoms with Crippen LogP contribution in [0.15, 0.2) is 18.2 Å². The molecule has 104 valence electrons. The molecule has 1 heterocycles. The van der Waals surface area contributed by atoms with E-state index >= 15 is 0 Å². The van der Waals surface area contributed by atoms with Gasteiger partial charge in [0, 0.05) is 32.1 Å². The van der Waals surface area contributed by atoms with Crippen LogP contribution in [0.1, 0.15) is 30.0 Å². The van der Waals surface area contributed by atoms with Gasteiger partial charge in [-0.25, -0.2) is 0 Å². The molecule has 2 rings (SSSR count). The Kier molecular flexibility index (Phi) is 4.59. The molecule has 1 unspecified atom stereocenters. The number of hydrogen-bond donors (Lipinski definition) is 1. The number of nitrogens with one attached hydrogen (secondary N) is 1. The Morgan fingerprint density at radius 2 is 2.16 bits per heavy atom. The van der Waals surface area contributed by atoms with Crippen LogP contribution in [0.4, 0.5) is 0 Å². The highest BCUT2D eigenvalue weighted by Crippen LogP contribution is 2.13. The Balaban J connectivity index is 1.90. The van der Waals surface area contributed by atoms with Crippen LogP contribution in [-0.2, 0) is 11.2 Å². The highest BCUT2D eigenvalue weighted by Gasteiger charge is 2.22. The number of piperazine rings is 1. The van der Waals surface area contributed by atoms with Crippen LogP contribution in [0.5, 0.6) is 0 Å². The molecule has 1 N–H and O–H groups in total. The minimum Gasteiger partial charge on any atom is -0.337 e. The van der Waals surface area contributed by atoms with Gasteiger partial charge < -0.3 is 10.2 Å². The van der Waals surface area contributed by atoms with E-state index in [-0.39, 0.29) is 5.91 Å². The summed E-state index contributed by atoms with van der Waals surface area (Å²) in [5, 5.41) is 3.31. The summed E-state index contributed by atoms with van der Waals surface area (Å²) in [6.07, 6.45) is 1.46. The SMILES string of the molecule is Cc1ccc(CCC(=O)N2CCNCC2C)cc1C. The van der Waals surface area contributed by atoms with Crippen molar-refractivity contribution < 1.29 is 4.79 Å². The summed E-state index contributed by atoms with van der Waals surface area (Å²) < 4.78 is 0. The smallest absolute Gasteiger partial charge is 0.223 e. The Hall–Kier alpha value is -1.35. The maximum atomic E-state index is 12.2. The minimum absolute atomic E-state index is 0.284. The van der Waals surface area contributed by atoms with Crippen LogP contribution in [-0.4, -0.2) is 36.5 Å². The molecule has 0 aromatic heterocycles. The Labute approximate surface area is 116 Å². The van der Waals surface area contributed by atoms with Crippen molar-refractivity contribution in [1.82, 2.24) is 10.2 Å². The second-order valence-corrected chi connectivity index (χ2v) is 5.56. The quantitative estimate of drug-likeness (QED) is 0.902. The van der Waals surface area contributed by atoms with Crippen LogP contribution >= 0.6 is 0 Å². The van der Waals surface area contributed by atoms with E-state index in [1.165, 1.54) is 16.7 Å². The molecule has 0 aliphatic carbocycles. The number of carbonyl (C=O) groups excluding carboxylic acids is 1. The fourth-order valence-corrected chi connectivity index (χ4v) is 2.57. The maximum Gasteiger partial charge on any atom is 0.223 e. The topological polar surface area (TPSA) is 32.3 Å². The predicted octanol–water partition coefficient (Wildman–Crippen LogP) is 2.06. The molecular formula is C16H24N2O. The lowest BCUT2D eigenvalue weighted by Crippen LogP contribution is -2.52. The highest BCUT2D eigenvalue weighted by atomic mass is 16.2. The van der Waals surface area contributed by atoms with Crippen molar-refractivity contribution >= 4 is 5.91 Å². The standard InChI is InChI=1S/C16H24N2O/c1-12-4-5-15(10-13(12)2)6-7-16(19)18-9-8-17-11-14(18)3/h4-5,10,14,17H,6-9,11H2,1-3H3. The van der Waals surface area contributed by atoms with Gasteiger partial charge in [-0.1, -0.05) is 18.2 Å². The zero-order valence-electron chi connectivity index (χ0n) is 12.2. The van der Waals surface area contributed by atoms with Gasteiger partial charge in [0.15, 0.2) is 0 Å². The van der Waals surface area contributed by atoms with Crippen molar-refractivity contribution in [2.24, 2.45) is 0 Å². The van der Waals surface area contributed by atoms with Crippen molar-refractivity contribution in [3.05, 3.63) is 34.9 Å². The molecule has 1 aliphatic heterocycles. The van der Waals surface area contributed by atoms with Crippen molar-refractivity contribution in [3.8, 4) is 0 Å². The van der Waals surface area contributed by atoms with Crippen LogP contribution in [0, 0.1) is 13.8 Å². The average molecular weight is 260 g/mol. The monoisotopic (exact) mass is 260 g/mol. The van der Waals surface area contributed by atoms with Gasteiger partial charge in [0.1, 0.15) is 0 Å². The van der Waals surface area contributed by atoms with E-state index in [1.54, 1.807) is 0 Å². The van der Waals surface area contributed by atoms with E-state index in [2.05, 4.69) is 44.3 Å². The molecule has 1 aromatic rings. The first-order valence-electron chi connectivity index (χ1n) is 7.14. The Morgan fingerprint density at radius 1 is 1.37 bits per heavy atom. The van der Waals surface area contributed by atoms with E-state index in [0.717, 1.165) is 26.1 Å². The van der Waals surface area contributed by atoms with Gasteiger partial charge >= 0.3 is 0 Å². The summed E-state index contributed by atoms with van der Waals surface area (Å²) in [5.41, 5.74) is 3.88. The van der Waals surface area contributed by atoms with Crippen molar-refractivity contribution in [1.29, 1.82) is 0 Å². The molecule has 3 nitrogen and oxygen atoms in total. The molecule has 19 heavy (non-hydrogen) atoms. The zero-order chi connectivity index (χ0) is 13.8. The first kappa shape index (κ1) is 14.1. The van der Waals surface area contributed by atoms with Gasteiger partial charge in [0.05, 0.1) is 0 Å². The van der Waals surface area contributed by atoms with E-state index in [1.807, 2.05) is 4.90 Å². The first-order chi connectivity index (χ1) is 9.08. The van der Waals surface area contributed by atoms with Crippen LogP contribution in [0.25, 0.3) is 0 Å². The largest absolute Gasteiger partial charge is 0.337 e.